The van der Waals surface area contributed by atoms with Crippen LogP contribution in [-0.2, 0) is 16.8 Å². The van der Waals surface area contributed by atoms with Crippen LogP contribution in [0.15, 0.2) is 53.4 Å². The minimum absolute atomic E-state index is 0.0412. The third kappa shape index (κ3) is 4.29. The molecule has 0 bridgehead atoms. The number of hydrogen-bond acceptors (Lipinski definition) is 7. The van der Waals surface area contributed by atoms with Gasteiger partial charge in [0.05, 0.1) is 17.2 Å². The number of amides is 1. The van der Waals surface area contributed by atoms with Gasteiger partial charge in [0.1, 0.15) is 12.4 Å². The van der Waals surface area contributed by atoms with E-state index in [0.29, 0.717) is 29.0 Å². The zero-order chi connectivity index (χ0) is 24.7. The molecule has 2 N–H and O–H groups in total. The fourth-order valence-electron chi connectivity index (χ4n) is 4.35. The van der Waals surface area contributed by atoms with Crippen molar-refractivity contribution in [2.75, 3.05) is 19.8 Å². The first-order chi connectivity index (χ1) is 16.8. The first-order valence-corrected chi connectivity index (χ1v) is 11.7. The van der Waals surface area contributed by atoms with Crippen molar-refractivity contribution in [1.82, 2.24) is 29.8 Å². The van der Waals surface area contributed by atoms with Crippen LogP contribution in [0.1, 0.15) is 36.7 Å². The Bertz CT molecular complexity index is 1370. The van der Waals surface area contributed by atoms with E-state index in [2.05, 4.69) is 52.5 Å². The summed E-state index contributed by atoms with van der Waals surface area (Å²) in [5, 5.41) is 8.65. The molecule has 35 heavy (non-hydrogen) atoms. The predicted octanol–water partition coefficient (Wildman–Crippen LogP) is 3.69. The van der Waals surface area contributed by atoms with Gasteiger partial charge in [-0.2, -0.15) is 10.1 Å². The Morgan fingerprint density at radius 1 is 1.17 bits per heavy atom. The van der Waals surface area contributed by atoms with Crippen LogP contribution < -0.4 is 5.73 Å². The maximum absolute atomic E-state index is 12.0. The lowest BCUT2D eigenvalue weighted by Gasteiger charge is -2.27. The quantitative estimate of drug-likeness (QED) is 0.437. The summed E-state index contributed by atoms with van der Waals surface area (Å²) in [6.45, 7) is 4.30. The molecule has 0 aliphatic heterocycles. The molecule has 9 nitrogen and oxygen atoms in total. The normalized spacial score (nSPS) is 15.1. The molecule has 1 fully saturated rings. The van der Waals surface area contributed by atoms with Crippen molar-refractivity contribution in [3.05, 3.63) is 65.9 Å². The highest BCUT2D eigenvalue weighted by Crippen LogP contribution is 2.50. The van der Waals surface area contributed by atoms with Gasteiger partial charge in [0.2, 0.25) is 5.91 Å². The molecule has 0 spiro atoms. The standard InChI is InChI=1S/C26H29N7O2/c1-16-11-18(12-28-23(16)27)17-5-7-20(8-6-17)26(2,21-9-10-21)25-30-24(35-31-25)19-13-29-33(14-19)15-22(34)32(3)4/h5-8,11-14,21H,9-10,15H2,1-4H3,(H2,27,28). The average Bonchev–Trinajstić information content (AvgIpc) is 3.41. The van der Waals surface area contributed by atoms with Gasteiger partial charge in [-0.3, -0.25) is 9.48 Å². The van der Waals surface area contributed by atoms with Gasteiger partial charge in [-0.25, -0.2) is 4.98 Å². The molecule has 9 heteroatoms. The molecule has 0 radical (unpaired) electrons. The van der Waals surface area contributed by atoms with Crippen LogP contribution in [0.4, 0.5) is 5.82 Å². The molecule has 1 aromatic carbocycles. The van der Waals surface area contributed by atoms with E-state index < -0.39 is 0 Å². The van der Waals surface area contributed by atoms with E-state index in [-0.39, 0.29) is 17.9 Å². The molecule has 3 aromatic heterocycles. The Morgan fingerprint density at radius 3 is 2.57 bits per heavy atom. The number of likely N-dealkylation sites (N-methyl/N-ethyl adjacent to an activating group) is 1. The van der Waals surface area contributed by atoms with Gasteiger partial charge in [0, 0.05) is 32.1 Å². The smallest absolute Gasteiger partial charge is 0.261 e. The topological polar surface area (TPSA) is 116 Å². The summed E-state index contributed by atoms with van der Waals surface area (Å²) >= 11 is 0. The minimum Gasteiger partial charge on any atom is -0.383 e. The van der Waals surface area contributed by atoms with E-state index in [0.717, 1.165) is 35.1 Å². The van der Waals surface area contributed by atoms with E-state index in [4.69, 9.17) is 15.2 Å². The Morgan fingerprint density at radius 2 is 1.91 bits per heavy atom. The number of hydrogen-bond donors (Lipinski definition) is 1. The van der Waals surface area contributed by atoms with Crippen LogP contribution >= 0.6 is 0 Å². The number of anilines is 1. The lowest BCUT2D eigenvalue weighted by Crippen LogP contribution is -2.28. The zero-order valence-corrected chi connectivity index (χ0v) is 20.4. The number of rotatable bonds is 7. The zero-order valence-electron chi connectivity index (χ0n) is 20.4. The third-order valence-corrected chi connectivity index (χ3v) is 6.90. The molecule has 1 amide bonds. The summed E-state index contributed by atoms with van der Waals surface area (Å²) in [6.07, 6.45) is 7.44. The summed E-state index contributed by atoms with van der Waals surface area (Å²) in [7, 11) is 3.44. The molecule has 4 aromatic rings. The lowest BCUT2D eigenvalue weighted by atomic mass is 9.76. The van der Waals surface area contributed by atoms with Crippen LogP contribution in [0.3, 0.4) is 0 Å². The number of pyridine rings is 1. The van der Waals surface area contributed by atoms with Gasteiger partial charge in [-0.15, -0.1) is 0 Å². The largest absolute Gasteiger partial charge is 0.383 e. The second kappa shape index (κ2) is 8.65. The highest BCUT2D eigenvalue weighted by atomic mass is 16.5. The molecule has 1 atom stereocenters. The highest BCUT2D eigenvalue weighted by Gasteiger charge is 2.47. The maximum Gasteiger partial charge on any atom is 0.261 e. The number of benzene rings is 1. The van der Waals surface area contributed by atoms with Gasteiger partial charge < -0.3 is 15.2 Å². The Hall–Kier alpha value is -4.01. The predicted molar refractivity (Wildman–Crippen MR) is 132 cm³/mol. The van der Waals surface area contributed by atoms with Crippen LogP contribution in [-0.4, -0.2) is 49.8 Å². The van der Waals surface area contributed by atoms with Crippen molar-refractivity contribution >= 4 is 11.7 Å². The number of carbonyl (C=O) groups is 1. The van der Waals surface area contributed by atoms with Crippen molar-refractivity contribution in [2.24, 2.45) is 5.92 Å². The van der Waals surface area contributed by atoms with Crippen LogP contribution in [0, 0.1) is 12.8 Å². The van der Waals surface area contributed by atoms with Gasteiger partial charge in [-0.05, 0) is 55.4 Å². The second-order valence-corrected chi connectivity index (χ2v) is 9.62. The molecule has 1 aliphatic carbocycles. The number of nitrogens with two attached hydrogens (primary N) is 1. The van der Waals surface area contributed by atoms with Crippen LogP contribution in [0.2, 0.25) is 0 Å². The molecule has 180 valence electrons. The van der Waals surface area contributed by atoms with Gasteiger partial charge in [-0.1, -0.05) is 29.4 Å². The Labute approximate surface area is 204 Å². The van der Waals surface area contributed by atoms with E-state index >= 15 is 0 Å². The Balaban J connectivity index is 1.42. The van der Waals surface area contributed by atoms with Gasteiger partial charge in [0.15, 0.2) is 5.82 Å². The monoisotopic (exact) mass is 471 g/mol. The molecule has 3 heterocycles. The second-order valence-electron chi connectivity index (χ2n) is 9.62. The number of nitrogen functional groups attached to an aromatic ring is 1. The number of aromatic nitrogens is 5. The van der Waals surface area contributed by atoms with Crippen molar-refractivity contribution in [3.63, 3.8) is 0 Å². The lowest BCUT2D eigenvalue weighted by molar-refractivity contribution is -0.129. The van der Waals surface area contributed by atoms with Crippen LogP contribution in [0.5, 0.6) is 0 Å². The average molecular weight is 472 g/mol. The highest BCUT2D eigenvalue weighted by molar-refractivity contribution is 5.75. The van der Waals surface area contributed by atoms with Crippen molar-refractivity contribution in [2.45, 2.75) is 38.6 Å². The summed E-state index contributed by atoms with van der Waals surface area (Å²) in [4.78, 5) is 22.6. The number of aryl methyl sites for hydroxylation is 1. The molecule has 1 unspecified atom stereocenters. The molecular formula is C26H29N7O2. The molecule has 1 saturated carbocycles. The first-order valence-electron chi connectivity index (χ1n) is 11.7. The summed E-state index contributed by atoms with van der Waals surface area (Å²) in [5.74, 6) is 2.01. The molecule has 1 aliphatic rings. The third-order valence-electron chi connectivity index (χ3n) is 6.90. The summed E-state index contributed by atoms with van der Waals surface area (Å²) in [5.41, 5.74) is 10.4. The van der Waals surface area contributed by atoms with Crippen molar-refractivity contribution in [3.8, 4) is 22.6 Å². The minimum atomic E-state index is -0.369. The molecule has 5 rings (SSSR count). The van der Waals surface area contributed by atoms with Gasteiger partial charge in [0.25, 0.3) is 5.89 Å². The SMILES string of the molecule is Cc1cc(-c2ccc(C(C)(c3noc(-c4cnn(CC(=O)N(C)C)c4)n3)C3CC3)cc2)cnc1N. The molecule has 0 saturated heterocycles. The summed E-state index contributed by atoms with van der Waals surface area (Å²) < 4.78 is 7.23. The summed E-state index contributed by atoms with van der Waals surface area (Å²) in [6, 6.07) is 10.5. The van der Waals surface area contributed by atoms with E-state index in [9.17, 15) is 4.79 Å². The molecular weight excluding hydrogens is 442 g/mol. The van der Waals surface area contributed by atoms with Crippen molar-refractivity contribution in [1.29, 1.82) is 0 Å². The maximum atomic E-state index is 12.0. The Kier molecular flexibility index (Phi) is 5.62. The van der Waals surface area contributed by atoms with E-state index in [1.54, 1.807) is 37.4 Å². The van der Waals surface area contributed by atoms with Crippen LogP contribution in [0.25, 0.3) is 22.6 Å². The number of nitrogens with zero attached hydrogens (tertiary/aromatic N) is 6. The fourth-order valence-corrected chi connectivity index (χ4v) is 4.35. The number of carbonyl (C=O) groups excluding carboxylic acids is 1. The fraction of sp³-hybridized carbons (Fsp3) is 0.346. The first kappa shape index (κ1) is 22.8. The van der Waals surface area contributed by atoms with Gasteiger partial charge >= 0.3 is 0 Å². The van der Waals surface area contributed by atoms with E-state index in [1.807, 2.05) is 6.92 Å². The van der Waals surface area contributed by atoms with Crippen molar-refractivity contribution < 1.29 is 9.32 Å². The van der Waals surface area contributed by atoms with E-state index in [1.165, 1.54) is 4.90 Å².